The second kappa shape index (κ2) is 6.09. The molecule has 2 aromatic rings. The Morgan fingerprint density at radius 1 is 1.25 bits per heavy atom. The Morgan fingerprint density at radius 2 is 2.00 bits per heavy atom. The van der Waals surface area contributed by atoms with Crippen molar-refractivity contribution in [1.82, 2.24) is 5.32 Å². The van der Waals surface area contributed by atoms with Gasteiger partial charge >= 0.3 is 0 Å². The predicted octanol–water partition coefficient (Wildman–Crippen LogP) is 3.95. The van der Waals surface area contributed by atoms with Crippen molar-refractivity contribution >= 4 is 21.8 Å². The van der Waals surface area contributed by atoms with Gasteiger partial charge in [-0.25, -0.2) is 0 Å². The van der Waals surface area contributed by atoms with Crippen LogP contribution in [0.2, 0.25) is 0 Å². The van der Waals surface area contributed by atoms with Gasteiger partial charge in [-0.1, -0.05) is 34.1 Å². The molecule has 4 heteroatoms. The monoisotopic (exact) mass is 333 g/mol. The number of hydrogen-bond donors (Lipinski definition) is 2. The predicted molar refractivity (Wildman–Crippen MR) is 82.9 cm³/mol. The minimum atomic E-state index is -0.173. The van der Waals surface area contributed by atoms with E-state index in [1.165, 1.54) is 0 Å². The minimum absolute atomic E-state index is 0.125. The number of benzene rings is 2. The molecule has 0 heterocycles. The molecule has 0 saturated heterocycles. The molecule has 2 aromatic carbocycles. The molecule has 1 atom stereocenters. The first-order valence-electron chi connectivity index (χ1n) is 6.33. The van der Waals surface area contributed by atoms with Crippen LogP contribution in [0.4, 0.5) is 0 Å². The maximum atomic E-state index is 12.3. The van der Waals surface area contributed by atoms with E-state index in [9.17, 15) is 9.90 Å². The van der Waals surface area contributed by atoms with E-state index in [4.69, 9.17) is 0 Å². The van der Waals surface area contributed by atoms with Gasteiger partial charge in [0.05, 0.1) is 6.04 Å². The molecular weight excluding hydrogens is 318 g/mol. The quantitative estimate of drug-likeness (QED) is 0.893. The van der Waals surface area contributed by atoms with Gasteiger partial charge in [-0.3, -0.25) is 4.79 Å². The maximum Gasteiger partial charge on any atom is 0.252 e. The fourth-order valence-electron chi connectivity index (χ4n) is 1.99. The zero-order chi connectivity index (χ0) is 14.7. The SMILES string of the molecule is Cc1ccc(Br)cc1C(=O)NC(C)c1cccc(O)c1. The van der Waals surface area contributed by atoms with Crippen molar-refractivity contribution in [2.75, 3.05) is 0 Å². The third-order valence-electron chi connectivity index (χ3n) is 3.16. The van der Waals surface area contributed by atoms with Crippen molar-refractivity contribution in [3.05, 3.63) is 63.6 Å². The number of amides is 1. The number of hydrogen-bond acceptors (Lipinski definition) is 2. The summed E-state index contributed by atoms with van der Waals surface area (Å²) in [7, 11) is 0. The summed E-state index contributed by atoms with van der Waals surface area (Å²) in [5, 5.41) is 12.4. The number of aryl methyl sites for hydroxylation is 1. The molecule has 0 spiro atoms. The number of carbonyl (C=O) groups excluding carboxylic acids is 1. The Hall–Kier alpha value is -1.81. The van der Waals surface area contributed by atoms with Crippen molar-refractivity contribution in [1.29, 1.82) is 0 Å². The molecule has 20 heavy (non-hydrogen) atoms. The van der Waals surface area contributed by atoms with Crippen LogP contribution in [0.1, 0.15) is 34.5 Å². The molecule has 3 nitrogen and oxygen atoms in total. The number of halogens is 1. The molecule has 0 fully saturated rings. The van der Waals surface area contributed by atoms with Crippen LogP contribution in [-0.4, -0.2) is 11.0 Å². The van der Waals surface area contributed by atoms with Gasteiger partial charge in [0.15, 0.2) is 0 Å². The van der Waals surface area contributed by atoms with Crippen LogP contribution >= 0.6 is 15.9 Å². The molecule has 0 radical (unpaired) electrons. The van der Waals surface area contributed by atoms with Gasteiger partial charge in [-0.2, -0.15) is 0 Å². The highest BCUT2D eigenvalue weighted by molar-refractivity contribution is 9.10. The van der Waals surface area contributed by atoms with Crippen LogP contribution in [0.15, 0.2) is 46.9 Å². The highest BCUT2D eigenvalue weighted by Gasteiger charge is 2.14. The summed E-state index contributed by atoms with van der Waals surface area (Å²) in [5.41, 5.74) is 2.44. The third-order valence-corrected chi connectivity index (χ3v) is 3.66. The summed E-state index contributed by atoms with van der Waals surface area (Å²) in [6.07, 6.45) is 0. The molecule has 2 rings (SSSR count). The average Bonchev–Trinajstić information content (AvgIpc) is 2.41. The zero-order valence-electron chi connectivity index (χ0n) is 11.4. The van der Waals surface area contributed by atoms with Crippen molar-refractivity contribution in [3.63, 3.8) is 0 Å². The Morgan fingerprint density at radius 3 is 2.70 bits per heavy atom. The van der Waals surface area contributed by atoms with Crippen molar-refractivity contribution in [2.45, 2.75) is 19.9 Å². The molecular formula is C16H16BrNO2. The molecule has 0 aliphatic heterocycles. The summed E-state index contributed by atoms with van der Waals surface area (Å²) in [5.74, 6) is 0.0712. The summed E-state index contributed by atoms with van der Waals surface area (Å²) in [4.78, 5) is 12.3. The second-order valence-electron chi connectivity index (χ2n) is 4.75. The van der Waals surface area contributed by atoms with Crippen LogP contribution in [0, 0.1) is 6.92 Å². The summed E-state index contributed by atoms with van der Waals surface area (Å²) in [6, 6.07) is 12.3. The Kier molecular flexibility index (Phi) is 4.45. The fourth-order valence-corrected chi connectivity index (χ4v) is 2.35. The lowest BCUT2D eigenvalue weighted by Gasteiger charge is -2.15. The zero-order valence-corrected chi connectivity index (χ0v) is 12.9. The number of nitrogens with one attached hydrogen (secondary N) is 1. The van der Waals surface area contributed by atoms with E-state index in [2.05, 4.69) is 21.2 Å². The number of phenolic OH excluding ortho intramolecular Hbond substituents is 1. The topological polar surface area (TPSA) is 49.3 Å². The normalized spacial score (nSPS) is 11.9. The molecule has 0 aliphatic carbocycles. The molecule has 0 saturated carbocycles. The highest BCUT2D eigenvalue weighted by atomic mass is 79.9. The molecule has 0 aliphatic rings. The van der Waals surface area contributed by atoms with E-state index in [1.54, 1.807) is 24.3 Å². The second-order valence-corrected chi connectivity index (χ2v) is 5.67. The van der Waals surface area contributed by atoms with Gasteiger partial charge in [-0.05, 0) is 49.2 Å². The first kappa shape index (κ1) is 14.6. The standard InChI is InChI=1S/C16H16BrNO2/c1-10-6-7-13(17)9-15(10)16(20)18-11(2)12-4-3-5-14(19)8-12/h3-9,11,19H,1-2H3,(H,18,20). The minimum Gasteiger partial charge on any atom is -0.508 e. The number of carbonyl (C=O) groups is 1. The van der Waals surface area contributed by atoms with Crippen molar-refractivity contribution < 1.29 is 9.90 Å². The van der Waals surface area contributed by atoms with Gasteiger partial charge in [0.2, 0.25) is 0 Å². The van der Waals surface area contributed by atoms with E-state index in [0.29, 0.717) is 5.56 Å². The Bertz CT molecular complexity index is 640. The van der Waals surface area contributed by atoms with Crippen LogP contribution in [0.3, 0.4) is 0 Å². The van der Waals surface area contributed by atoms with E-state index < -0.39 is 0 Å². The molecule has 2 N–H and O–H groups in total. The summed E-state index contributed by atoms with van der Waals surface area (Å²) < 4.78 is 0.873. The lowest BCUT2D eigenvalue weighted by molar-refractivity contribution is 0.0939. The Balaban J connectivity index is 2.17. The van der Waals surface area contributed by atoms with Gasteiger partial charge in [0.25, 0.3) is 5.91 Å². The first-order chi connectivity index (χ1) is 9.47. The summed E-state index contributed by atoms with van der Waals surface area (Å²) >= 11 is 3.37. The average molecular weight is 334 g/mol. The van der Waals surface area contributed by atoms with E-state index in [-0.39, 0.29) is 17.7 Å². The molecule has 1 amide bonds. The summed E-state index contributed by atoms with van der Waals surface area (Å²) in [6.45, 7) is 3.79. The van der Waals surface area contributed by atoms with Crippen LogP contribution in [-0.2, 0) is 0 Å². The van der Waals surface area contributed by atoms with E-state index >= 15 is 0 Å². The highest BCUT2D eigenvalue weighted by Crippen LogP contribution is 2.20. The lowest BCUT2D eigenvalue weighted by Crippen LogP contribution is -2.27. The van der Waals surface area contributed by atoms with Crippen LogP contribution in [0.5, 0.6) is 5.75 Å². The molecule has 0 bridgehead atoms. The fraction of sp³-hybridized carbons (Fsp3) is 0.188. The van der Waals surface area contributed by atoms with E-state index in [0.717, 1.165) is 15.6 Å². The van der Waals surface area contributed by atoms with Crippen LogP contribution < -0.4 is 5.32 Å². The Labute approximate surface area is 126 Å². The lowest BCUT2D eigenvalue weighted by atomic mass is 10.1. The van der Waals surface area contributed by atoms with Crippen molar-refractivity contribution in [3.8, 4) is 5.75 Å². The third kappa shape index (κ3) is 3.39. The van der Waals surface area contributed by atoms with Gasteiger partial charge < -0.3 is 10.4 Å². The largest absolute Gasteiger partial charge is 0.508 e. The van der Waals surface area contributed by atoms with E-state index in [1.807, 2.05) is 32.0 Å². The van der Waals surface area contributed by atoms with Gasteiger partial charge in [0, 0.05) is 10.0 Å². The maximum absolute atomic E-state index is 12.3. The molecule has 0 aromatic heterocycles. The van der Waals surface area contributed by atoms with Crippen molar-refractivity contribution in [2.24, 2.45) is 0 Å². The number of aromatic hydroxyl groups is 1. The first-order valence-corrected chi connectivity index (χ1v) is 7.12. The smallest absolute Gasteiger partial charge is 0.252 e. The number of rotatable bonds is 3. The van der Waals surface area contributed by atoms with Gasteiger partial charge in [0.1, 0.15) is 5.75 Å². The van der Waals surface area contributed by atoms with Gasteiger partial charge in [-0.15, -0.1) is 0 Å². The number of phenols is 1. The molecule has 104 valence electrons. The molecule has 1 unspecified atom stereocenters. The van der Waals surface area contributed by atoms with Crippen LogP contribution in [0.25, 0.3) is 0 Å².